The van der Waals surface area contributed by atoms with Gasteiger partial charge in [0.1, 0.15) is 5.82 Å². The van der Waals surface area contributed by atoms with Gasteiger partial charge in [-0.15, -0.1) is 0 Å². The highest BCUT2D eigenvalue weighted by molar-refractivity contribution is 5.95. The Labute approximate surface area is 159 Å². The zero-order valence-corrected chi connectivity index (χ0v) is 15.9. The third-order valence-corrected chi connectivity index (χ3v) is 4.57. The molecule has 0 radical (unpaired) electrons. The second-order valence-corrected chi connectivity index (χ2v) is 6.94. The van der Waals surface area contributed by atoms with Crippen LogP contribution in [0.4, 0.5) is 0 Å². The van der Waals surface area contributed by atoms with Crippen molar-refractivity contribution >= 4 is 5.91 Å². The fourth-order valence-electron chi connectivity index (χ4n) is 3.09. The van der Waals surface area contributed by atoms with Crippen molar-refractivity contribution < 1.29 is 9.90 Å². The highest BCUT2D eigenvalue weighted by Crippen LogP contribution is 2.23. The Hall–Kier alpha value is -2.92. The van der Waals surface area contributed by atoms with Gasteiger partial charge in [-0.05, 0) is 31.5 Å². The molecule has 5 heteroatoms. The van der Waals surface area contributed by atoms with Crippen LogP contribution in [0.15, 0.2) is 67.0 Å². The molecule has 0 spiro atoms. The van der Waals surface area contributed by atoms with Crippen LogP contribution in [0, 0.1) is 0 Å². The van der Waals surface area contributed by atoms with E-state index in [2.05, 4.69) is 23.4 Å². The van der Waals surface area contributed by atoms with Crippen LogP contribution in [-0.2, 0) is 0 Å². The summed E-state index contributed by atoms with van der Waals surface area (Å²) in [6.07, 6.45) is 2.99. The maximum atomic E-state index is 12.8. The third kappa shape index (κ3) is 4.26. The number of hydrogen-bond acceptors (Lipinski definition) is 3. The molecule has 1 amide bonds. The van der Waals surface area contributed by atoms with Crippen LogP contribution >= 0.6 is 0 Å². The summed E-state index contributed by atoms with van der Waals surface area (Å²) in [5.41, 5.74) is 2.27. The number of hydrogen-bond donors (Lipinski definition) is 1. The monoisotopic (exact) mass is 363 g/mol. The lowest BCUT2D eigenvalue weighted by atomic mass is 10.1. The minimum atomic E-state index is -0.719. The maximum absolute atomic E-state index is 12.8. The zero-order chi connectivity index (χ0) is 19.4. The number of carbonyl (C=O) groups is 1. The van der Waals surface area contributed by atoms with E-state index in [0.29, 0.717) is 5.56 Å². The first kappa shape index (κ1) is 18.9. The van der Waals surface area contributed by atoms with E-state index in [0.717, 1.165) is 17.0 Å². The van der Waals surface area contributed by atoms with Gasteiger partial charge in [0.15, 0.2) is 0 Å². The fraction of sp³-hybridized carbons (Fsp3) is 0.273. The smallest absolute Gasteiger partial charge is 0.253 e. The van der Waals surface area contributed by atoms with Gasteiger partial charge in [0.25, 0.3) is 5.91 Å². The van der Waals surface area contributed by atoms with Crippen molar-refractivity contribution in [2.75, 3.05) is 13.6 Å². The van der Waals surface area contributed by atoms with E-state index in [-0.39, 0.29) is 18.5 Å². The van der Waals surface area contributed by atoms with Crippen LogP contribution in [0.1, 0.15) is 41.9 Å². The minimum Gasteiger partial charge on any atom is -0.387 e. The number of carbonyl (C=O) groups excluding carboxylic acids is 1. The molecule has 0 fully saturated rings. The fourth-order valence-corrected chi connectivity index (χ4v) is 3.09. The Balaban J connectivity index is 1.78. The number of benzene rings is 2. The van der Waals surface area contributed by atoms with Crippen LogP contribution < -0.4 is 0 Å². The molecule has 1 N–H and O–H groups in total. The van der Waals surface area contributed by atoms with E-state index >= 15 is 0 Å². The molecule has 3 aromatic rings. The highest BCUT2D eigenvalue weighted by atomic mass is 16.3. The van der Waals surface area contributed by atoms with Crippen molar-refractivity contribution in [1.82, 2.24) is 14.5 Å². The van der Waals surface area contributed by atoms with Gasteiger partial charge < -0.3 is 14.6 Å². The molecule has 0 aliphatic carbocycles. The van der Waals surface area contributed by atoms with Crippen LogP contribution in [0.2, 0.25) is 0 Å². The summed E-state index contributed by atoms with van der Waals surface area (Å²) >= 11 is 0. The van der Waals surface area contributed by atoms with E-state index in [9.17, 15) is 9.90 Å². The largest absolute Gasteiger partial charge is 0.387 e. The summed E-state index contributed by atoms with van der Waals surface area (Å²) < 4.78 is 2.08. The molecule has 3 rings (SSSR count). The Morgan fingerprint density at radius 2 is 1.89 bits per heavy atom. The molecule has 0 saturated carbocycles. The topological polar surface area (TPSA) is 58.4 Å². The van der Waals surface area contributed by atoms with Gasteiger partial charge in [-0.2, -0.15) is 0 Å². The number of amides is 1. The van der Waals surface area contributed by atoms with E-state index in [1.165, 1.54) is 0 Å². The number of aromatic nitrogens is 2. The molecule has 5 nitrogen and oxygen atoms in total. The number of aliphatic hydroxyl groups is 1. The number of imidazole rings is 1. The SMILES string of the molecule is CC(C)n1ccnc1-c1cccc(C(=O)N(C)C[C@@H](O)c2ccccc2)c1. The second kappa shape index (κ2) is 8.18. The molecule has 140 valence electrons. The first-order valence-electron chi connectivity index (χ1n) is 9.09. The lowest BCUT2D eigenvalue weighted by Gasteiger charge is -2.21. The lowest BCUT2D eigenvalue weighted by Crippen LogP contribution is -2.31. The van der Waals surface area contributed by atoms with Gasteiger partial charge >= 0.3 is 0 Å². The molecule has 0 unspecified atom stereocenters. The molecule has 0 saturated heterocycles. The van der Waals surface area contributed by atoms with Crippen LogP contribution in [-0.4, -0.2) is 39.1 Å². The molecule has 0 bridgehead atoms. The van der Waals surface area contributed by atoms with Crippen molar-refractivity contribution in [2.45, 2.75) is 26.0 Å². The van der Waals surface area contributed by atoms with Crippen molar-refractivity contribution in [2.24, 2.45) is 0 Å². The maximum Gasteiger partial charge on any atom is 0.253 e. The molecule has 27 heavy (non-hydrogen) atoms. The molecule has 2 aromatic carbocycles. The zero-order valence-electron chi connectivity index (χ0n) is 15.9. The molecule has 0 aliphatic rings. The van der Waals surface area contributed by atoms with Crippen molar-refractivity contribution in [3.8, 4) is 11.4 Å². The number of aliphatic hydroxyl groups excluding tert-OH is 1. The van der Waals surface area contributed by atoms with Gasteiger partial charge in [-0.3, -0.25) is 4.79 Å². The quantitative estimate of drug-likeness (QED) is 0.722. The number of rotatable bonds is 6. The van der Waals surface area contributed by atoms with Gasteiger partial charge in [0.2, 0.25) is 0 Å². The predicted octanol–water partition coefficient (Wildman–Crippen LogP) is 3.94. The predicted molar refractivity (Wildman–Crippen MR) is 106 cm³/mol. The Kier molecular flexibility index (Phi) is 5.72. The molecule has 1 atom stereocenters. The Morgan fingerprint density at radius 3 is 2.59 bits per heavy atom. The van der Waals surface area contributed by atoms with E-state index in [4.69, 9.17) is 0 Å². The van der Waals surface area contributed by atoms with E-state index in [1.54, 1.807) is 24.2 Å². The summed E-state index contributed by atoms with van der Waals surface area (Å²) in [7, 11) is 1.70. The molecule has 1 heterocycles. The summed E-state index contributed by atoms with van der Waals surface area (Å²) in [6, 6.07) is 17.1. The summed E-state index contributed by atoms with van der Waals surface area (Å²) in [5, 5.41) is 10.4. The molecular formula is C22H25N3O2. The Morgan fingerprint density at radius 1 is 1.15 bits per heavy atom. The third-order valence-electron chi connectivity index (χ3n) is 4.57. The van der Waals surface area contributed by atoms with Gasteiger partial charge in [0.05, 0.1) is 12.6 Å². The van der Waals surface area contributed by atoms with Gasteiger partial charge in [0, 0.05) is 36.6 Å². The first-order valence-corrected chi connectivity index (χ1v) is 9.09. The number of likely N-dealkylation sites (N-methyl/N-ethyl adjacent to an activating group) is 1. The standard InChI is InChI=1S/C22H25N3O2/c1-16(2)25-13-12-23-21(25)18-10-7-11-19(14-18)22(27)24(3)15-20(26)17-8-5-4-6-9-17/h4-14,16,20,26H,15H2,1-3H3/t20-/m1/s1. The van der Waals surface area contributed by atoms with Crippen LogP contribution in [0.5, 0.6) is 0 Å². The Bertz CT molecular complexity index is 903. The van der Waals surface area contributed by atoms with Crippen LogP contribution in [0.25, 0.3) is 11.4 Å². The van der Waals surface area contributed by atoms with Crippen molar-refractivity contribution in [3.05, 3.63) is 78.1 Å². The van der Waals surface area contributed by atoms with Crippen molar-refractivity contribution in [3.63, 3.8) is 0 Å². The molecule has 1 aromatic heterocycles. The second-order valence-electron chi connectivity index (χ2n) is 6.94. The van der Waals surface area contributed by atoms with Gasteiger partial charge in [-0.25, -0.2) is 4.98 Å². The van der Waals surface area contributed by atoms with Crippen LogP contribution in [0.3, 0.4) is 0 Å². The first-order chi connectivity index (χ1) is 13.0. The van der Waals surface area contributed by atoms with Crippen molar-refractivity contribution in [1.29, 1.82) is 0 Å². The minimum absolute atomic E-state index is 0.130. The molecular weight excluding hydrogens is 338 g/mol. The summed E-state index contributed by atoms with van der Waals surface area (Å²) in [4.78, 5) is 18.8. The lowest BCUT2D eigenvalue weighted by molar-refractivity contribution is 0.0681. The van der Waals surface area contributed by atoms with Gasteiger partial charge in [-0.1, -0.05) is 42.5 Å². The normalized spacial score (nSPS) is 12.2. The van der Waals surface area contributed by atoms with E-state index < -0.39 is 6.10 Å². The number of nitrogens with zero attached hydrogens (tertiary/aromatic N) is 3. The highest BCUT2D eigenvalue weighted by Gasteiger charge is 2.18. The van der Waals surface area contributed by atoms with E-state index in [1.807, 2.05) is 54.7 Å². The summed E-state index contributed by atoms with van der Waals surface area (Å²) in [5.74, 6) is 0.709. The molecule has 0 aliphatic heterocycles. The average Bonchev–Trinajstić information content (AvgIpc) is 3.18. The summed E-state index contributed by atoms with van der Waals surface area (Å²) in [6.45, 7) is 4.42. The average molecular weight is 363 g/mol.